The Morgan fingerprint density at radius 3 is 2.48 bits per heavy atom. The Kier molecular flexibility index (Phi) is 3.15. The summed E-state index contributed by atoms with van der Waals surface area (Å²) in [5.74, 6) is 0.919. The highest BCUT2D eigenvalue weighted by Crippen LogP contribution is 2.31. The van der Waals surface area contributed by atoms with Gasteiger partial charge < -0.3 is 13.5 Å². The molecule has 0 saturated heterocycles. The van der Waals surface area contributed by atoms with Crippen molar-refractivity contribution in [2.75, 3.05) is 6.61 Å². The Morgan fingerprint density at radius 2 is 1.74 bits per heavy atom. The maximum Gasteiger partial charge on any atom is 0.119 e. The highest BCUT2D eigenvalue weighted by atomic mass is 16.5. The van der Waals surface area contributed by atoms with Crippen LogP contribution < -0.4 is 4.74 Å². The number of aryl methyl sites for hydroxylation is 2. The molecule has 0 aliphatic carbocycles. The zero-order valence-corrected chi connectivity index (χ0v) is 13.7. The Bertz CT molecular complexity index is 990. The van der Waals surface area contributed by atoms with Gasteiger partial charge in [0.1, 0.15) is 5.75 Å². The average Bonchev–Trinajstić information content (AvgIpc) is 3.10. The topological polar surface area (TPSA) is 18.1 Å². The van der Waals surface area contributed by atoms with Crippen LogP contribution in [0.3, 0.4) is 0 Å². The summed E-state index contributed by atoms with van der Waals surface area (Å²) in [4.78, 5) is 0. The molecule has 0 radical (unpaired) electrons. The molecule has 3 nitrogen and oxygen atoms in total. The van der Waals surface area contributed by atoms with Crippen molar-refractivity contribution in [2.45, 2.75) is 20.8 Å². The average molecular weight is 304 g/mol. The van der Waals surface area contributed by atoms with E-state index < -0.39 is 0 Å². The smallest absolute Gasteiger partial charge is 0.119 e. The first kappa shape index (κ1) is 13.9. The van der Waals surface area contributed by atoms with Gasteiger partial charge in [-0.3, -0.25) is 0 Å². The predicted octanol–water partition coefficient (Wildman–Crippen LogP) is 4.87. The normalized spacial score (nSPS) is 11.4. The number of aromatic nitrogens is 2. The number of rotatable bonds is 3. The van der Waals surface area contributed by atoms with Gasteiger partial charge in [-0.25, -0.2) is 0 Å². The van der Waals surface area contributed by atoms with Gasteiger partial charge in [0, 0.05) is 29.8 Å². The molecule has 4 aromatic rings. The SMILES string of the molecule is CCOc1ccc(-c2cn3ccn4c(C)ccc4c3c2C)cc1. The van der Waals surface area contributed by atoms with E-state index >= 15 is 0 Å². The van der Waals surface area contributed by atoms with Crippen LogP contribution in [0.4, 0.5) is 0 Å². The summed E-state index contributed by atoms with van der Waals surface area (Å²) in [6.45, 7) is 7.03. The minimum absolute atomic E-state index is 0.694. The van der Waals surface area contributed by atoms with E-state index in [4.69, 9.17) is 4.74 Å². The summed E-state index contributed by atoms with van der Waals surface area (Å²) in [5.41, 5.74) is 7.56. The fourth-order valence-corrected chi connectivity index (χ4v) is 3.33. The molecule has 0 saturated carbocycles. The van der Waals surface area contributed by atoms with Gasteiger partial charge in [-0.05, 0) is 56.2 Å². The Labute approximate surface area is 135 Å². The van der Waals surface area contributed by atoms with E-state index in [0.717, 1.165) is 5.75 Å². The third kappa shape index (κ3) is 2.12. The van der Waals surface area contributed by atoms with Crippen LogP contribution >= 0.6 is 0 Å². The summed E-state index contributed by atoms with van der Waals surface area (Å²) < 4.78 is 10.00. The van der Waals surface area contributed by atoms with Crippen LogP contribution in [-0.2, 0) is 0 Å². The minimum atomic E-state index is 0.694. The van der Waals surface area contributed by atoms with E-state index in [2.05, 4.69) is 65.5 Å². The van der Waals surface area contributed by atoms with Gasteiger partial charge in [0.25, 0.3) is 0 Å². The number of nitrogens with zero attached hydrogens (tertiary/aromatic N) is 2. The van der Waals surface area contributed by atoms with E-state index in [1.165, 1.54) is 33.4 Å². The number of hydrogen-bond acceptors (Lipinski definition) is 1. The van der Waals surface area contributed by atoms with Crippen molar-refractivity contribution in [3.05, 3.63) is 66.2 Å². The molecule has 23 heavy (non-hydrogen) atoms. The molecule has 0 N–H and O–H groups in total. The van der Waals surface area contributed by atoms with E-state index in [1.807, 2.05) is 19.1 Å². The zero-order valence-electron chi connectivity index (χ0n) is 13.7. The molecule has 0 bridgehead atoms. The Balaban J connectivity index is 1.90. The van der Waals surface area contributed by atoms with Crippen molar-refractivity contribution in [1.82, 2.24) is 8.80 Å². The molecule has 0 atom stereocenters. The molecule has 0 unspecified atom stereocenters. The van der Waals surface area contributed by atoms with Crippen LogP contribution in [0.5, 0.6) is 5.75 Å². The van der Waals surface area contributed by atoms with E-state index in [-0.39, 0.29) is 0 Å². The maximum atomic E-state index is 5.54. The second-order valence-corrected chi connectivity index (χ2v) is 5.91. The van der Waals surface area contributed by atoms with Crippen LogP contribution in [0.15, 0.2) is 55.0 Å². The molecule has 0 spiro atoms. The first-order valence-electron chi connectivity index (χ1n) is 8.00. The van der Waals surface area contributed by atoms with Crippen LogP contribution in [0, 0.1) is 13.8 Å². The molecule has 0 fully saturated rings. The number of benzene rings is 1. The predicted molar refractivity (Wildman–Crippen MR) is 94.4 cm³/mol. The first-order valence-corrected chi connectivity index (χ1v) is 8.00. The molecular weight excluding hydrogens is 284 g/mol. The lowest BCUT2D eigenvalue weighted by Gasteiger charge is -2.05. The molecule has 0 amide bonds. The summed E-state index contributed by atoms with van der Waals surface area (Å²) in [6.07, 6.45) is 6.46. The van der Waals surface area contributed by atoms with Gasteiger partial charge >= 0.3 is 0 Å². The molecule has 4 rings (SSSR count). The molecule has 116 valence electrons. The Hall–Kier alpha value is -2.68. The standard InChI is InChI=1S/C20H20N2O/c1-4-23-17-8-6-16(7-9-17)18-13-21-11-12-22-14(2)5-10-19(22)20(21)15(18)3/h5-13H,4H2,1-3H3. The molecular formula is C20H20N2O. The van der Waals surface area contributed by atoms with Gasteiger partial charge in [-0.1, -0.05) is 12.1 Å². The summed E-state index contributed by atoms with van der Waals surface area (Å²) in [7, 11) is 0. The highest BCUT2D eigenvalue weighted by Gasteiger charge is 2.12. The van der Waals surface area contributed by atoms with E-state index in [9.17, 15) is 0 Å². The molecule has 3 heterocycles. The van der Waals surface area contributed by atoms with Crippen LogP contribution in [0.25, 0.3) is 22.2 Å². The van der Waals surface area contributed by atoms with Crippen molar-refractivity contribution in [1.29, 1.82) is 0 Å². The van der Waals surface area contributed by atoms with Crippen molar-refractivity contribution >= 4 is 11.0 Å². The first-order chi connectivity index (χ1) is 11.2. The number of hydrogen-bond donors (Lipinski definition) is 0. The molecule has 3 aromatic heterocycles. The van der Waals surface area contributed by atoms with Gasteiger partial charge in [0.2, 0.25) is 0 Å². The van der Waals surface area contributed by atoms with Gasteiger partial charge in [-0.15, -0.1) is 0 Å². The highest BCUT2D eigenvalue weighted by molar-refractivity contribution is 5.87. The second-order valence-electron chi connectivity index (χ2n) is 5.91. The molecule has 3 heteroatoms. The largest absolute Gasteiger partial charge is 0.494 e. The fraction of sp³-hybridized carbons (Fsp3) is 0.200. The lowest BCUT2D eigenvalue weighted by Crippen LogP contribution is -1.91. The van der Waals surface area contributed by atoms with Crippen LogP contribution in [0.2, 0.25) is 0 Å². The monoisotopic (exact) mass is 304 g/mol. The maximum absolute atomic E-state index is 5.54. The third-order valence-electron chi connectivity index (χ3n) is 4.50. The lowest BCUT2D eigenvalue weighted by atomic mass is 10.0. The van der Waals surface area contributed by atoms with Crippen molar-refractivity contribution in [3.63, 3.8) is 0 Å². The minimum Gasteiger partial charge on any atom is -0.494 e. The molecule has 0 aliphatic rings. The summed E-state index contributed by atoms with van der Waals surface area (Å²) in [5, 5.41) is 0. The fourth-order valence-electron chi connectivity index (χ4n) is 3.33. The van der Waals surface area contributed by atoms with Crippen LogP contribution in [0.1, 0.15) is 18.2 Å². The van der Waals surface area contributed by atoms with Crippen LogP contribution in [-0.4, -0.2) is 15.4 Å². The third-order valence-corrected chi connectivity index (χ3v) is 4.50. The molecule has 0 aliphatic heterocycles. The molecule has 1 aromatic carbocycles. The number of ether oxygens (including phenoxy) is 1. The number of fused-ring (bicyclic) bond motifs is 3. The summed E-state index contributed by atoms with van der Waals surface area (Å²) >= 11 is 0. The van der Waals surface area contributed by atoms with Gasteiger partial charge in [-0.2, -0.15) is 0 Å². The van der Waals surface area contributed by atoms with Gasteiger partial charge in [0.15, 0.2) is 0 Å². The quantitative estimate of drug-likeness (QED) is 0.528. The van der Waals surface area contributed by atoms with E-state index in [0.29, 0.717) is 6.61 Å². The van der Waals surface area contributed by atoms with E-state index in [1.54, 1.807) is 0 Å². The van der Waals surface area contributed by atoms with Gasteiger partial charge in [0.05, 0.1) is 17.6 Å². The lowest BCUT2D eigenvalue weighted by molar-refractivity contribution is 0.340. The second kappa shape index (κ2) is 5.20. The Morgan fingerprint density at radius 1 is 0.957 bits per heavy atom. The van der Waals surface area contributed by atoms with Crippen molar-refractivity contribution < 1.29 is 4.74 Å². The van der Waals surface area contributed by atoms with Crippen molar-refractivity contribution in [3.8, 4) is 16.9 Å². The summed E-state index contributed by atoms with van der Waals surface area (Å²) in [6, 6.07) is 12.7. The zero-order chi connectivity index (χ0) is 16.0. The van der Waals surface area contributed by atoms with Crippen molar-refractivity contribution in [2.24, 2.45) is 0 Å².